The number of hydrogen-bond donors (Lipinski definition) is 0. The third kappa shape index (κ3) is 2.03. The summed E-state index contributed by atoms with van der Waals surface area (Å²) in [4.78, 5) is 25.0. The molecular formula is C19H26Br2O2. The van der Waals surface area contributed by atoms with E-state index in [4.69, 9.17) is 0 Å². The lowest BCUT2D eigenvalue weighted by Gasteiger charge is -2.64. The van der Waals surface area contributed by atoms with Gasteiger partial charge in [0.25, 0.3) is 0 Å². The van der Waals surface area contributed by atoms with E-state index in [0.717, 1.165) is 44.9 Å². The molecule has 0 aromatic rings. The first-order chi connectivity index (χ1) is 10.7. The van der Waals surface area contributed by atoms with E-state index >= 15 is 0 Å². The van der Waals surface area contributed by atoms with Crippen LogP contribution in [-0.4, -0.2) is 20.7 Å². The Hall–Kier alpha value is 0.300. The smallest absolute Gasteiger partial charge is 0.139 e. The topological polar surface area (TPSA) is 34.1 Å². The molecule has 23 heavy (non-hydrogen) atoms. The molecule has 0 N–H and O–H groups in total. The van der Waals surface area contributed by atoms with E-state index in [1.54, 1.807) is 0 Å². The standard InChI is InChI=1S/C19H26Br2O2/c1-17-7-6-14-12(13(17)3-4-16(17)23)9-15(20)19(21)10-11(22)5-8-18(14,19)2/h12-15H,3-10H2,1-2H3/t12-,13-,14-,15?,17-,18+,19?/m0/s1. The van der Waals surface area contributed by atoms with Crippen molar-refractivity contribution in [2.75, 3.05) is 0 Å². The van der Waals surface area contributed by atoms with E-state index in [2.05, 4.69) is 45.7 Å². The molecule has 0 bridgehead atoms. The molecule has 0 aromatic heterocycles. The summed E-state index contributed by atoms with van der Waals surface area (Å²) in [6.07, 6.45) is 7.56. The number of carbonyl (C=O) groups is 2. The lowest BCUT2D eigenvalue weighted by Crippen LogP contribution is -2.64. The second-order valence-electron chi connectivity index (χ2n) is 8.99. The van der Waals surface area contributed by atoms with Crippen molar-refractivity contribution in [3.05, 3.63) is 0 Å². The summed E-state index contributed by atoms with van der Waals surface area (Å²) in [6, 6.07) is 0. The van der Waals surface area contributed by atoms with Gasteiger partial charge in [-0.15, -0.1) is 0 Å². The summed E-state index contributed by atoms with van der Waals surface area (Å²) in [7, 11) is 0. The molecule has 128 valence electrons. The Morgan fingerprint density at radius 3 is 2.52 bits per heavy atom. The van der Waals surface area contributed by atoms with Gasteiger partial charge in [0.05, 0.1) is 4.32 Å². The lowest BCUT2D eigenvalue weighted by molar-refractivity contribution is -0.139. The van der Waals surface area contributed by atoms with E-state index in [0.29, 0.717) is 40.6 Å². The summed E-state index contributed by atoms with van der Waals surface area (Å²) >= 11 is 8.02. The van der Waals surface area contributed by atoms with E-state index in [-0.39, 0.29) is 15.2 Å². The van der Waals surface area contributed by atoms with Crippen LogP contribution in [-0.2, 0) is 9.59 Å². The van der Waals surface area contributed by atoms with Crippen LogP contribution in [0.2, 0.25) is 0 Å². The van der Waals surface area contributed by atoms with Crippen LogP contribution < -0.4 is 0 Å². The average Bonchev–Trinajstić information content (AvgIpc) is 2.79. The lowest BCUT2D eigenvalue weighted by atomic mass is 9.45. The quantitative estimate of drug-likeness (QED) is 0.488. The number of hydrogen-bond acceptors (Lipinski definition) is 2. The average molecular weight is 446 g/mol. The Balaban J connectivity index is 1.74. The van der Waals surface area contributed by atoms with Gasteiger partial charge in [0, 0.05) is 29.5 Å². The van der Waals surface area contributed by atoms with Gasteiger partial charge < -0.3 is 0 Å². The number of fused-ring (bicyclic) bond motifs is 5. The summed E-state index contributed by atoms with van der Waals surface area (Å²) in [6.45, 7) is 4.65. The van der Waals surface area contributed by atoms with Gasteiger partial charge >= 0.3 is 0 Å². The molecule has 0 radical (unpaired) electrons. The van der Waals surface area contributed by atoms with Crippen molar-refractivity contribution in [1.82, 2.24) is 0 Å². The predicted octanol–water partition coefficient (Wildman–Crippen LogP) is 5.06. The normalized spacial score (nSPS) is 56.0. The molecule has 0 saturated heterocycles. The molecule has 4 saturated carbocycles. The van der Waals surface area contributed by atoms with Crippen LogP contribution in [0, 0.1) is 28.6 Å². The highest BCUT2D eigenvalue weighted by molar-refractivity contribution is 9.12. The molecular weight excluding hydrogens is 420 g/mol. The first-order valence-corrected chi connectivity index (χ1v) is 10.8. The third-order valence-electron chi connectivity index (χ3n) is 8.27. The summed E-state index contributed by atoms with van der Waals surface area (Å²) in [5, 5.41) is 0. The molecule has 4 heteroatoms. The zero-order valence-corrected chi connectivity index (χ0v) is 17.2. The minimum atomic E-state index is -0.104. The molecule has 0 heterocycles. The minimum Gasteiger partial charge on any atom is -0.300 e. The van der Waals surface area contributed by atoms with Crippen LogP contribution in [0.5, 0.6) is 0 Å². The number of carbonyl (C=O) groups excluding carboxylic acids is 2. The minimum absolute atomic E-state index is 0.0684. The molecule has 4 rings (SSSR count). The van der Waals surface area contributed by atoms with Gasteiger partial charge in [-0.05, 0) is 55.3 Å². The fourth-order valence-electron chi connectivity index (χ4n) is 6.75. The van der Waals surface area contributed by atoms with Gasteiger partial charge in [-0.2, -0.15) is 0 Å². The Bertz CT molecular complexity index is 576. The van der Waals surface area contributed by atoms with E-state index in [1.165, 1.54) is 0 Å². The maximum Gasteiger partial charge on any atom is 0.139 e. The van der Waals surface area contributed by atoms with Crippen molar-refractivity contribution >= 4 is 43.4 Å². The van der Waals surface area contributed by atoms with Crippen LogP contribution in [0.1, 0.15) is 65.2 Å². The van der Waals surface area contributed by atoms with Crippen molar-refractivity contribution in [2.24, 2.45) is 28.6 Å². The summed E-state index contributed by atoms with van der Waals surface area (Å²) < 4.78 is -0.104. The molecule has 7 atom stereocenters. The predicted molar refractivity (Wildman–Crippen MR) is 98.0 cm³/mol. The number of alkyl halides is 2. The van der Waals surface area contributed by atoms with Gasteiger partial charge in [0.2, 0.25) is 0 Å². The van der Waals surface area contributed by atoms with Crippen LogP contribution in [0.3, 0.4) is 0 Å². The second-order valence-corrected chi connectivity index (χ2v) is 11.5. The molecule has 4 aliphatic carbocycles. The maximum absolute atomic E-state index is 12.5. The van der Waals surface area contributed by atoms with E-state index in [9.17, 15) is 9.59 Å². The molecule has 0 spiro atoms. The molecule has 2 unspecified atom stereocenters. The first kappa shape index (κ1) is 16.8. The van der Waals surface area contributed by atoms with Gasteiger partial charge in [-0.1, -0.05) is 45.7 Å². The largest absolute Gasteiger partial charge is 0.300 e. The fourth-order valence-corrected chi connectivity index (χ4v) is 8.86. The van der Waals surface area contributed by atoms with Crippen molar-refractivity contribution in [3.8, 4) is 0 Å². The Labute approximate surface area is 155 Å². The van der Waals surface area contributed by atoms with Gasteiger partial charge in [-0.3, -0.25) is 9.59 Å². The van der Waals surface area contributed by atoms with Crippen LogP contribution in [0.25, 0.3) is 0 Å². The fraction of sp³-hybridized carbons (Fsp3) is 0.895. The number of rotatable bonds is 0. The Morgan fingerprint density at radius 2 is 1.78 bits per heavy atom. The molecule has 4 fully saturated rings. The van der Waals surface area contributed by atoms with Gasteiger partial charge in [0.1, 0.15) is 11.6 Å². The Morgan fingerprint density at radius 1 is 1.04 bits per heavy atom. The third-order valence-corrected chi connectivity index (χ3v) is 11.8. The number of Topliss-reactive ketones (excluding diaryl/α,β-unsaturated/α-hetero) is 2. The van der Waals surface area contributed by atoms with Gasteiger partial charge in [0.15, 0.2) is 0 Å². The van der Waals surface area contributed by atoms with Crippen LogP contribution >= 0.6 is 31.9 Å². The molecule has 2 nitrogen and oxygen atoms in total. The van der Waals surface area contributed by atoms with Crippen molar-refractivity contribution < 1.29 is 9.59 Å². The van der Waals surface area contributed by atoms with Gasteiger partial charge in [-0.25, -0.2) is 0 Å². The van der Waals surface area contributed by atoms with Crippen LogP contribution in [0.15, 0.2) is 0 Å². The van der Waals surface area contributed by atoms with Crippen LogP contribution in [0.4, 0.5) is 0 Å². The maximum atomic E-state index is 12.5. The zero-order valence-electron chi connectivity index (χ0n) is 14.0. The second kappa shape index (κ2) is 5.16. The van der Waals surface area contributed by atoms with E-state index in [1.807, 2.05) is 0 Å². The zero-order chi connectivity index (χ0) is 16.6. The number of halogens is 2. The summed E-state index contributed by atoms with van der Waals surface area (Å²) in [5.41, 5.74) is 0.0893. The highest BCUT2D eigenvalue weighted by Gasteiger charge is 2.66. The highest BCUT2D eigenvalue weighted by atomic mass is 79.9. The first-order valence-electron chi connectivity index (χ1n) is 9.10. The monoisotopic (exact) mass is 444 g/mol. The van der Waals surface area contributed by atoms with Crippen molar-refractivity contribution in [2.45, 2.75) is 74.4 Å². The molecule has 0 amide bonds. The van der Waals surface area contributed by atoms with Crippen molar-refractivity contribution in [3.63, 3.8) is 0 Å². The summed E-state index contributed by atoms with van der Waals surface area (Å²) in [5.74, 6) is 2.74. The Kier molecular flexibility index (Phi) is 3.75. The molecule has 0 aliphatic heterocycles. The van der Waals surface area contributed by atoms with E-state index < -0.39 is 0 Å². The number of ketones is 2. The molecule has 4 aliphatic rings. The highest BCUT2D eigenvalue weighted by Crippen LogP contribution is 2.69. The molecule has 0 aromatic carbocycles. The SMILES string of the molecule is C[C@]12CC[C@H]3[C@@H](CC(Br)C4(Br)CC(=O)CC[C@]34C)[C@@H]1CCC2=O. The van der Waals surface area contributed by atoms with Crippen molar-refractivity contribution in [1.29, 1.82) is 0 Å².